The predicted octanol–water partition coefficient (Wildman–Crippen LogP) is 2.84. The van der Waals surface area contributed by atoms with E-state index in [0.29, 0.717) is 5.75 Å². The van der Waals surface area contributed by atoms with Crippen molar-refractivity contribution in [1.29, 1.82) is 0 Å². The smallest absolute Gasteiger partial charge is 0.159 e. The zero-order valence-electron chi connectivity index (χ0n) is 11.8. The predicted molar refractivity (Wildman–Crippen MR) is 84.2 cm³/mol. The molecule has 2 heterocycles. The van der Waals surface area contributed by atoms with Crippen LogP contribution >= 0.6 is 12.6 Å². The molecule has 3 aromatic rings. The van der Waals surface area contributed by atoms with E-state index in [2.05, 4.69) is 22.7 Å². The first-order valence-corrected chi connectivity index (χ1v) is 7.06. The first-order chi connectivity index (χ1) is 10.3. The van der Waals surface area contributed by atoms with Gasteiger partial charge in [0.05, 0.1) is 19.9 Å². The van der Waals surface area contributed by atoms with E-state index in [-0.39, 0.29) is 0 Å². The van der Waals surface area contributed by atoms with Crippen molar-refractivity contribution >= 4 is 18.3 Å². The monoisotopic (exact) mass is 301 g/mol. The van der Waals surface area contributed by atoms with Crippen molar-refractivity contribution in [1.82, 2.24) is 14.6 Å². The van der Waals surface area contributed by atoms with Crippen LogP contribution in [-0.2, 0) is 5.75 Å². The highest BCUT2D eigenvalue weighted by molar-refractivity contribution is 7.79. The Balaban J connectivity index is 2.24. The van der Waals surface area contributed by atoms with Gasteiger partial charge in [-0.25, -0.2) is 9.50 Å². The second kappa shape index (κ2) is 5.65. The highest BCUT2D eigenvalue weighted by Gasteiger charge is 2.15. The lowest BCUT2D eigenvalue weighted by molar-refractivity contribution is 0.394. The summed E-state index contributed by atoms with van der Waals surface area (Å²) in [4.78, 5) is 4.37. The Bertz CT molecular complexity index is 763. The van der Waals surface area contributed by atoms with E-state index < -0.39 is 0 Å². The third kappa shape index (κ3) is 2.42. The van der Waals surface area contributed by atoms with Crippen LogP contribution in [0.1, 0.15) is 5.56 Å². The highest BCUT2D eigenvalue weighted by Crippen LogP contribution is 2.32. The Morgan fingerprint density at radius 2 is 1.86 bits per heavy atom. The highest BCUT2D eigenvalue weighted by atomic mass is 32.1. The molecule has 0 aliphatic carbocycles. The first-order valence-electron chi connectivity index (χ1n) is 6.43. The molecule has 0 atom stereocenters. The fourth-order valence-electron chi connectivity index (χ4n) is 2.26. The molecule has 3 rings (SSSR count). The van der Waals surface area contributed by atoms with Crippen molar-refractivity contribution in [2.75, 3.05) is 14.2 Å². The number of methoxy groups -OCH3 is 2. The zero-order chi connectivity index (χ0) is 14.8. The number of hydrogen-bond donors (Lipinski definition) is 1. The van der Waals surface area contributed by atoms with Crippen molar-refractivity contribution in [2.45, 2.75) is 5.75 Å². The zero-order valence-corrected chi connectivity index (χ0v) is 12.7. The van der Waals surface area contributed by atoms with Gasteiger partial charge in [0.25, 0.3) is 0 Å². The standard InChI is InChI=1S/C15H15N3O2S/c1-19-11-6-10(7-12(8-11)20-2)14-13(9-21)15-16-4-3-5-18(15)17-14/h3-8,21H,9H2,1-2H3. The van der Waals surface area contributed by atoms with Crippen LogP contribution in [0.3, 0.4) is 0 Å². The maximum atomic E-state index is 5.32. The van der Waals surface area contributed by atoms with Gasteiger partial charge in [-0.3, -0.25) is 0 Å². The summed E-state index contributed by atoms with van der Waals surface area (Å²) in [7, 11) is 3.26. The molecule has 0 aliphatic heterocycles. The fraction of sp³-hybridized carbons (Fsp3) is 0.200. The van der Waals surface area contributed by atoms with Gasteiger partial charge in [0.2, 0.25) is 0 Å². The summed E-state index contributed by atoms with van der Waals surface area (Å²) in [6.07, 6.45) is 3.62. The summed E-state index contributed by atoms with van der Waals surface area (Å²) >= 11 is 4.41. The minimum Gasteiger partial charge on any atom is -0.497 e. The summed E-state index contributed by atoms with van der Waals surface area (Å²) in [5, 5.41) is 4.60. The second-order valence-corrected chi connectivity index (χ2v) is 4.79. The van der Waals surface area contributed by atoms with E-state index in [9.17, 15) is 0 Å². The number of benzene rings is 1. The van der Waals surface area contributed by atoms with Crippen LogP contribution in [0.2, 0.25) is 0 Å². The molecule has 0 radical (unpaired) electrons. The van der Waals surface area contributed by atoms with Crippen molar-refractivity contribution < 1.29 is 9.47 Å². The number of ether oxygens (including phenoxy) is 2. The Labute approximate surface area is 127 Å². The quantitative estimate of drug-likeness (QED) is 0.753. The van der Waals surface area contributed by atoms with Crippen molar-refractivity contribution in [2.24, 2.45) is 0 Å². The number of fused-ring (bicyclic) bond motifs is 1. The molecule has 1 aromatic carbocycles. The van der Waals surface area contributed by atoms with Gasteiger partial charge in [0.15, 0.2) is 5.65 Å². The molecule has 0 aliphatic rings. The van der Waals surface area contributed by atoms with Gasteiger partial charge in [-0.2, -0.15) is 17.7 Å². The molecule has 0 bridgehead atoms. The molecule has 108 valence electrons. The molecule has 6 heteroatoms. The third-order valence-corrected chi connectivity index (χ3v) is 3.59. The topological polar surface area (TPSA) is 48.7 Å². The number of thiol groups is 1. The van der Waals surface area contributed by atoms with Crippen molar-refractivity contribution in [3.8, 4) is 22.8 Å². The Hall–Kier alpha value is -2.21. The average Bonchev–Trinajstić information content (AvgIpc) is 2.92. The maximum absolute atomic E-state index is 5.32. The van der Waals surface area contributed by atoms with Crippen LogP contribution in [0, 0.1) is 0 Å². The summed E-state index contributed by atoms with van der Waals surface area (Å²) < 4.78 is 12.4. The largest absolute Gasteiger partial charge is 0.497 e. The van der Waals surface area contributed by atoms with Gasteiger partial charge in [-0.1, -0.05) is 0 Å². The van der Waals surface area contributed by atoms with Crippen molar-refractivity contribution in [3.05, 3.63) is 42.2 Å². The van der Waals surface area contributed by atoms with Crippen LogP contribution in [0.5, 0.6) is 11.5 Å². The lowest BCUT2D eigenvalue weighted by atomic mass is 10.1. The van der Waals surface area contributed by atoms with E-state index in [1.807, 2.05) is 30.5 Å². The third-order valence-electron chi connectivity index (χ3n) is 3.27. The SMILES string of the molecule is COc1cc(OC)cc(-c2nn3cccnc3c2CS)c1. The lowest BCUT2D eigenvalue weighted by Crippen LogP contribution is -1.91. The summed E-state index contributed by atoms with van der Waals surface area (Å²) in [5.74, 6) is 1.99. The van der Waals surface area contributed by atoms with Crippen LogP contribution in [0.25, 0.3) is 16.9 Å². The number of rotatable bonds is 4. The second-order valence-electron chi connectivity index (χ2n) is 4.47. The van der Waals surface area contributed by atoms with Crippen LogP contribution in [0.4, 0.5) is 0 Å². The van der Waals surface area contributed by atoms with E-state index in [1.165, 1.54) is 0 Å². The number of nitrogens with zero attached hydrogens (tertiary/aromatic N) is 3. The molecule has 2 aromatic heterocycles. The molecular weight excluding hydrogens is 286 g/mol. The van der Waals surface area contributed by atoms with Crippen molar-refractivity contribution in [3.63, 3.8) is 0 Å². The molecule has 21 heavy (non-hydrogen) atoms. The molecule has 5 nitrogen and oxygen atoms in total. The van der Waals surface area contributed by atoms with Crippen LogP contribution < -0.4 is 9.47 Å². The molecule has 0 spiro atoms. The Morgan fingerprint density at radius 3 is 2.48 bits per heavy atom. The molecule has 0 saturated heterocycles. The number of aromatic nitrogens is 3. The van der Waals surface area contributed by atoms with E-state index in [4.69, 9.17) is 9.47 Å². The molecule has 0 unspecified atom stereocenters. The van der Waals surface area contributed by atoms with E-state index in [0.717, 1.165) is 34.0 Å². The van der Waals surface area contributed by atoms with Gasteiger partial charge in [0, 0.05) is 35.3 Å². The molecule has 0 fully saturated rings. The minimum absolute atomic E-state index is 0.551. The van der Waals surface area contributed by atoms with Gasteiger partial charge < -0.3 is 9.47 Å². The van der Waals surface area contributed by atoms with Gasteiger partial charge in [-0.15, -0.1) is 0 Å². The first kappa shape index (κ1) is 13.8. The average molecular weight is 301 g/mol. The normalized spacial score (nSPS) is 10.8. The van der Waals surface area contributed by atoms with E-state index >= 15 is 0 Å². The Kier molecular flexibility index (Phi) is 3.70. The summed E-state index contributed by atoms with van der Waals surface area (Å²) in [6, 6.07) is 7.53. The summed E-state index contributed by atoms with van der Waals surface area (Å²) in [5.41, 5.74) is 3.54. The molecule has 0 N–H and O–H groups in total. The molecular formula is C15H15N3O2S. The molecule has 0 amide bonds. The number of hydrogen-bond acceptors (Lipinski definition) is 5. The van der Waals surface area contributed by atoms with Gasteiger partial charge >= 0.3 is 0 Å². The maximum Gasteiger partial charge on any atom is 0.159 e. The van der Waals surface area contributed by atoms with Crippen LogP contribution in [-0.4, -0.2) is 28.8 Å². The van der Waals surface area contributed by atoms with Gasteiger partial charge in [0.1, 0.15) is 11.5 Å². The van der Waals surface area contributed by atoms with Crippen LogP contribution in [0.15, 0.2) is 36.7 Å². The minimum atomic E-state index is 0.551. The lowest BCUT2D eigenvalue weighted by Gasteiger charge is -2.07. The fourth-order valence-corrected chi connectivity index (χ4v) is 2.55. The Morgan fingerprint density at radius 1 is 1.14 bits per heavy atom. The van der Waals surface area contributed by atoms with E-state index in [1.54, 1.807) is 24.9 Å². The van der Waals surface area contributed by atoms with Gasteiger partial charge in [-0.05, 0) is 18.2 Å². The summed E-state index contributed by atoms with van der Waals surface area (Å²) in [6.45, 7) is 0. The molecule has 0 saturated carbocycles.